The van der Waals surface area contributed by atoms with Gasteiger partial charge in [-0.25, -0.2) is 8.78 Å². The zero-order chi connectivity index (χ0) is 17.4. The molecule has 0 unspecified atom stereocenters. The highest BCUT2D eigenvalue weighted by Gasteiger charge is 2.31. The van der Waals surface area contributed by atoms with Crippen LogP contribution in [0, 0.1) is 11.6 Å². The molecule has 0 saturated heterocycles. The topological polar surface area (TPSA) is 57.8 Å². The number of aromatic nitrogens is 2. The third-order valence-electron chi connectivity index (χ3n) is 4.23. The molecule has 1 fully saturated rings. The van der Waals surface area contributed by atoms with Crippen molar-refractivity contribution in [2.75, 3.05) is 5.32 Å². The van der Waals surface area contributed by atoms with E-state index >= 15 is 0 Å². The maximum Gasteiger partial charge on any atom is 0.258 e. The van der Waals surface area contributed by atoms with Crippen LogP contribution in [0.4, 0.5) is 14.5 Å². The number of rotatable bonds is 4. The Balaban J connectivity index is 1.74. The molecule has 3 aromatic rings. The Hall–Kier alpha value is -3.02. The highest BCUT2D eigenvalue weighted by atomic mass is 19.1. The summed E-state index contributed by atoms with van der Waals surface area (Å²) in [6.07, 6.45) is 1.99. The highest BCUT2D eigenvalue weighted by molar-refractivity contribution is 6.06. The van der Waals surface area contributed by atoms with Gasteiger partial charge in [0.25, 0.3) is 5.91 Å². The average molecular weight is 339 g/mol. The summed E-state index contributed by atoms with van der Waals surface area (Å²) in [4.78, 5) is 12.5. The van der Waals surface area contributed by atoms with Crippen molar-refractivity contribution in [2.24, 2.45) is 0 Å². The minimum absolute atomic E-state index is 0.0457. The quantitative estimate of drug-likeness (QED) is 0.736. The van der Waals surface area contributed by atoms with Crippen molar-refractivity contribution in [3.63, 3.8) is 0 Å². The summed E-state index contributed by atoms with van der Waals surface area (Å²) < 4.78 is 27.5. The lowest BCUT2D eigenvalue weighted by molar-refractivity contribution is 0.102. The molecule has 126 valence electrons. The molecule has 1 aromatic heterocycles. The number of anilines is 1. The Kier molecular flexibility index (Phi) is 3.80. The molecule has 1 heterocycles. The van der Waals surface area contributed by atoms with E-state index < -0.39 is 11.7 Å². The Labute approximate surface area is 142 Å². The highest BCUT2D eigenvalue weighted by Crippen LogP contribution is 2.45. The number of benzene rings is 2. The fourth-order valence-electron chi connectivity index (χ4n) is 2.82. The van der Waals surface area contributed by atoms with E-state index in [1.807, 2.05) is 0 Å². The van der Waals surface area contributed by atoms with E-state index in [4.69, 9.17) is 0 Å². The van der Waals surface area contributed by atoms with Gasteiger partial charge in [0.1, 0.15) is 17.3 Å². The standard InChI is InChI=1S/C19H15F2N3O/c20-13-5-3-4-12(10-13)17-18(16(23-24-17)11-8-9-11)22-19(25)14-6-1-2-7-15(14)21/h1-7,10-11H,8-9H2,(H,22,25)(H,23,24). The lowest BCUT2D eigenvalue weighted by Crippen LogP contribution is -2.15. The molecule has 2 aromatic carbocycles. The zero-order valence-corrected chi connectivity index (χ0v) is 13.2. The second kappa shape index (κ2) is 6.12. The Bertz CT molecular complexity index is 947. The third kappa shape index (κ3) is 3.03. The van der Waals surface area contributed by atoms with E-state index in [2.05, 4.69) is 15.5 Å². The van der Waals surface area contributed by atoms with Crippen molar-refractivity contribution in [1.29, 1.82) is 0 Å². The van der Waals surface area contributed by atoms with Gasteiger partial charge in [-0.3, -0.25) is 9.89 Å². The summed E-state index contributed by atoms with van der Waals surface area (Å²) in [6, 6.07) is 11.8. The average Bonchev–Trinajstić information content (AvgIpc) is 3.36. The summed E-state index contributed by atoms with van der Waals surface area (Å²) in [7, 11) is 0. The van der Waals surface area contributed by atoms with E-state index in [-0.39, 0.29) is 17.3 Å². The van der Waals surface area contributed by atoms with Gasteiger partial charge in [-0.15, -0.1) is 0 Å². The second-order valence-electron chi connectivity index (χ2n) is 6.08. The van der Waals surface area contributed by atoms with Crippen LogP contribution in [0.3, 0.4) is 0 Å². The van der Waals surface area contributed by atoms with E-state index in [0.717, 1.165) is 18.5 Å². The van der Waals surface area contributed by atoms with E-state index in [0.29, 0.717) is 16.9 Å². The summed E-state index contributed by atoms with van der Waals surface area (Å²) in [5, 5.41) is 9.96. The van der Waals surface area contributed by atoms with Crippen LogP contribution < -0.4 is 5.32 Å². The van der Waals surface area contributed by atoms with Gasteiger partial charge in [-0.1, -0.05) is 24.3 Å². The van der Waals surface area contributed by atoms with Crippen LogP contribution in [0.15, 0.2) is 48.5 Å². The molecule has 4 rings (SSSR count). The van der Waals surface area contributed by atoms with E-state index in [9.17, 15) is 13.6 Å². The van der Waals surface area contributed by atoms with Gasteiger partial charge in [0.05, 0.1) is 16.9 Å². The van der Waals surface area contributed by atoms with Gasteiger partial charge in [0.15, 0.2) is 0 Å². The molecule has 6 heteroatoms. The first kappa shape index (κ1) is 15.5. The summed E-state index contributed by atoms with van der Waals surface area (Å²) in [5.41, 5.74) is 2.24. The summed E-state index contributed by atoms with van der Waals surface area (Å²) >= 11 is 0. The molecule has 4 nitrogen and oxygen atoms in total. The molecule has 0 spiro atoms. The number of H-pyrrole nitrogens is 1. The molecule has 2 N–H and O–H groups in total. The van der Waals surface area contributed by atoms with Crippen LogP contribution in [-0.4, -0.2) is 16.1 Å². The van der Waals surface area contributed by atoms with Gasteiger partial charge in [-0.05, 0) is 37.1 Å². The van der Waals surface area contributed by atoms with Crippen LogP contribution in [0.2, 0.25) is 0 Å². The van der Waals surface area contributed by atoms with Gasteiger partial charge >= 0.3 is 0 Å². The molecule has 1 amide bonds. The minimum Gasteiger partial charge on any atom is -0.318 e. The molecule has 0 atom stereocenters. The van der Waals surface area contributed by atoms with Crippen molar-refractivity contribution in [3.8, 4) is 11.3 Å². The molecule has 0 aliphatic heterocycles. The fraction of sp³-hybridized carbons (Fsp3) is 0.158. The number of carbonyl (C=O) groups excluding carboxylic acids is 1. The molecule has 1 aliphatic rings. The van der Waals surface area contributed by atoms with E-state index in [1.54, 1.807) is 18.2 Å². The van der Waals surface area contributed by atoms with Crippen LogP contribution >= 0.6 is 0 Å². The maximum atomic E-state index is 13.9. The largest absolute Gasteiger partial charge is 0.318 e. The first-order valence-corrected chi connectivity index (χ1v) is 8.03. The fourth-order valence-corrected chi connectivity index (χ4v) is 2.82. The molecule has 1 saturated carbocycles. The Morgan fingerprint density at radius 1 is 1.12 bits per heavy atom. The number of hydrogen-bond donors (Lipinski definition) is 2. The van der Waals surface area contributed by atoms with Gasteiger partial charge in [0, 0.05) is 11.5 Å². The SMILES string of the molecule is O=C(Nc1c(-c2cccc(F)c2)n[nH]c1C1CC1)c1ccccc1F. The number of nitrogens with zero attached hydrogens (tertiary/aromatic N) is 1. The molecular formula is C19H15F2N3O. The maximum absolute atomic E-state index is 13.9. The van der Waals surface area contributed by atoms with Crippen LogP contribution in [0.5, 0.6) is 0 Å². The summed E-state index contributed by atoms with van der Waals surface area (Å²) in [5.74, 6) is -1.26. The van der Waals surface area contributed by atoms with Crippen molar-refractivity contribution >= 4 is 11.6 Å². The third-order valence-corrected chi connectivity index (χ3v) is 4.23. The number of amides is 1. The number of nitrogens with one attached hydrogen (secondary N) is 2. The van der Waals surface area contributed by atoms with Crippen molar-refractivity contribution in [1.82, 2.24) is 10.2 Å². The van der Waals surface area contributed by atoms with Crippen LogP contribution in [0.25, 0.3) is 11.3 Å². The lowest BCUT2D eigenvalue weighted by atomic mass is 10.1. The first-order chi connectivity index (χ1) is 12.1. The summed E-state index contributed by atoms with van der Waals surface area (Å²) in [6.45, 7) is 0. The number of hydrogen-bond acceptors (Lipinski definition) is 2. The first-order valence-electron chi connectivity index (χ1n) is 8.03. The van der Waals surface area contributed by atoms with Crippen molar-refractivity contribution in [2.45, 2.75) is 18.8 Å². The lowest BCUT2D eigenvalue weighted by Gasteiger charge is -2.09. The normalized spacial score (nSPS) is 13.7. The monoisotopic (exact) mass is 339 g/mol. The second-order valence-corrected chi connectivity index (χ2v) is 6.08. The number of carbonyl (C=O) groups is 1. The minimum atomic E-state index is -0.594. The molecular weight excluding hydrogens is 324 g/mol. The zero-order valence-electron chi connectivity index (χ0n) is 13.2. The van der Waals surface area contributed by atoms with Crippen molar-refractivity contribution < 1.29 is 13.6 Å². The smallest absolute Gasteiger partial charge is 0.258 e. The molecule has 0 radical (unpaired) electrons. The molecule has 1 aliphatic carbocycles. The molecule has 25 heavy (non-hydrogen) atoms. The Morgan fingerprint density at radius 2 is 1.92 bits per heavy atom. The van der Waals surface area contributed by atoms with E-state index in [1.165, 1.54) is 30.3 Å². The van der Waals surface area contributed by atoms with Gasteiger partial charge in [-0.2, -0.15) is 5.10 Å². The van der Waals surface area contributed by atoms with Crippen molar-refractivity contribution in [3.05, 3.63) is 71.4 Å². The number of aromatic amines is 1. The Morgan fingerprint density at radius 3 is 2.64 bits per heavy atom. The van der Waals surface area contributed by atoms with Crippen LogP contribution in [0.1, 0.15) is 34.8 Å². The van der Waals surface area contributed by atoms with Gasteiger partial charge < -0.3 is 5.32 Å². The predicted molar refractivity (Wildman–Crippen MR) is 90.3 cm³/mol. The van der Waals surface area contributed by atoms with Gasteiger partial charge in [0.2, 0.25) is 0 Å². The predicted octanol–water partition coefficient (Wildman–Crippen LogP) is 4.48. The molecule has 0 bridgehead atoms. The van der Waals surface area contributed by atoms with Crippen LogP contribution in [-0.2, 0) is 0 Å². The number of halogens is 2.